The van der Waals surface area contributed by atoms with Gasteiger partial charge in [-0.05, 0) is 37.3 Å². The molecule has 0 fully saturated rings. The number of hydrogen-bond acceptors (Lipinski definition) is 6. The molecule has 0 aliphatic carbocycles. The number of carbonyl (C=O) groups excluding carboxylic acids is 2. The first kappa shape index (κ1) is 22.0. The second-order valence-corrected chi connectivity index (χ2v) is 7.15. The number of nitrogens with zero attached hydrogens (tertiary/aromatic N) is 1. The van der Waals surface area contributed by atoms with Crippen LogP contribution in [0, 0.1) is 0 Å². The standard InChI is InChI=1S/C26H24N2O5/c1-4-33-22-15-8-6-13-20(22)28-25(29)23(19-12-5-7-14-21(19)32-3)24(26(28)30)27-17-10-9-11-18(16-17)31-2/h5-16,27H,4H2,1-3H3. The Kier molecular flexibility index (Phi) is 6.31. The lowest BCUT2D eigenvalue weighted by Crippen LogP contribution is -2.32. The van der Waals surface area contributed by atoms with Gasteiger partial charge < -0.3 is 19.5 Å². The SMILES string of the molecule is CCOc1ccccc1N1C(=O)C(Nc2cccc(OC)c2)=C(c2ccccc2OC)C1=O. The third-order valence-electron chi connectivity index (χ3n) is 5.21. The molecule has 7 heteroatoms. The summed E-state index contributed by atoms with van der Waals surface area (Å²) in [6.45, 7) is 2.24. The Balaban J connectivity index is 1.87. The van der Waals surface area contributed by atoms with Gasteiger partial charge in [0.05, 0.1) is 32.1 Å². The molecule has 3 aromatic carbocycles. The highest BCUT2D eigenvalue weighted by Crippen LogP contribution is 2.40. The minimum absolute atomic E-state index is 0.143. The largest absolute Gasteiger partial charge is 0.497 e. The fourth-order valence-electron chi connectivity index (χ4n) is 3.73. The Morgan fingerprint density at radius 2 is 1.55 bits per heavy atom. The Bertz CT molecular complexity index is 1230. The molecule has 0 atom stereocenters. The molecule has 1 N–H and O–H groups in total. The maximum absolute atomic E-state index is 13.7. The molecule has 1 heterocycles. The third kappa shape index (κ3) is 4.13. The minimum atomic E-state index is -0.490. The van der Waals surface area contributed by atoms with Gasteiger partial charge in [-0.15, -0.1) is 0 Å². The van der Waals surface area contributed by atoms with Crippen LogP contribution in [0.5, 0.6) is 17.2 Å². The Hall–Kier alpha value is -4.26. The summed E-state index contributed by atoms with van der Waals surface area (Å²) < 4.78 is 16.5. The molecule has 1 aliphatic rings. The van der Waals surface area contributed by atoms with Gasteiger partial charge in [0.1, 0.15) is 22.9 Å². The van der Waals surface area contributed by atoms with E-state index < -0.39 is 11.8 Å². The summed E-state index contributed by atoms with van der Waals surface area (Å²) in [6.07, 6.45) is 0. The van der Waals surface area contributed by atoms with Crippen molar-refractivity contribution in [3.05, 3.63) is 84.1 Å². The van der Waals surface area contributed by atoms with Crippen molar-refractivity contribution >= 4 is 28.8 Å². The van der Waals surface area contributed by atoms with Crippen molar-refractivity contribution in [1.82, 2.24) is 0 Å². The molecule has 1 aliphatic heterocycles. The normalized spacial score (nSPS) is 13.4. The van der Waals surface area contributed by atoms with E-state index in [1.807, 2.05) is 13.0 Å². The van der Waals surface area contributed by atoms with Crippen LogP contribution in [0.4, 0.5) is 11.4 Å². The number of rotatable bonds is 8. The monoisotopic (exact) mass is 444 g/mol. The van der Waals surface area contributed by atoms with E-state index in [9.17, 15) is 9.59 Å². The maximum Gasteiger partial charge on any atom is 0.282 e. The highest BCUT2D eigenvalue weighted by Gasteiger charge is 2.42. The molecule has 4 rings (SSSR count). The van der Waals surface area contributed by atoms with E-state index in [4.69, 9.17) is 14.2 Å². The topological polar surface area (TPSA) is 77.1 Å². The number of imide groups is 1. The quantitative estimate of drug-likeness (QED) is 0.516. The molecule has 7 nitrogen and oxygen atoms in total. The van der Waals surface area contributed by atoms with Crippen LogP contribution in [0.15, 0.2) is 78.5 Å². The van der Waals surface area contributed by atoms with Crippen LogP contribution in [0.1, 0.15) is 12.5 Å². The maximum atomic E-state index is 13.7. The fraction of sp³-hybridized carbons (Fsp3) is 0.154. The number of benzene rings is 3. The zero-order valence-electron chi connectivity index (χ0n) is 18.6. The smallest absolute Gasteiger partial charge is 0.282 e. The molecule has 0 radical (unpaired) electrons. The van der Waals surface area contributed by atoms with Crippen molar-refractivity contribution in [2.75, 3.05) is 31.0 Å². The van der Waals surface area contributed by atoms with Crippen molar-refractivity contribution < 1.29 is 23.8 Å². The van der Waals surface area contributed by atoms with E-state index >= 15 is 0 Å². The number of nitrogens with one attached hydrogen (secondary N) is 1. The summed E-state index contributed by atoms with van der Waals surface area (Å²) in [5.74, 6) is 0.593. The van der Waals surface area contributed by atoms with Crippen LogP contribution in [-0.4, -0.2) is 32.6 Å². The molecule has 0 spiro atoms. The zero-order chi connectivity index (χ0) is 23.4. The number of anilines is 2. The lowest BCUT2D eigenvalue weighted by Gasteiger charge is -2.19. The van der Waals surface area contributed by atoms with E-state index in [0.29, 0.717) is 40.8 Å². The van der Waals surface area contributed by atoms with Gasteiger partial charge in [-0.2, -0.15) is 0 Å². The number of para-hydroxylation sites is 3. The van der Waals surface area contributed by atoms with Crippen molar-refractivity contribution in [3.8, 4) is 17.2 Å². The summed E-state index contributed by atoms with van der Waals surface area (Å²) >= 11 is 0. The second-order valence-electron chi connectivity index (χ2n) is 7.15. The van der Waals surface area contributed by atoms with Crippen molar-refractivity contribution in [1.29, 1.82) is 0 Å². The molecule has 168 valence electrons. The van der Waals surface area contributed by atoms with Crippen LogP contribution in [0.2, 0.25) is 0 Å². The number of amides is 2. The van der Waals surface area contributed by atoms with Gasteiger partial charge in [0, 0.05) is 17.3 Å². The van der Waals surface area contributed by atoms with Crippen LogP contribution in [0.25, 0.3) is 5.57 Å². The summed E-state index contributed by atoms with van der Waals surface area (Å²) in [4.78, 5) is 28.5. The Morgan fingerprint density at radius 3 is 2.27 bits per heavy atom. The van der Waals surface area contributed by atoms with Gasteiger partial charge >= 0.3 is 0 Å². The van der Waals surface area contributed by atoms with Gasteiger partial charge in [0.15, 0.2) is 0 Å². The number of methoxy groups -OCH3 is 2. The molecule has 0 saturated carbocycles. The van der Waals surface area contributed by atoms with E-state index in [1.165, 1.54) is 7.11 Å². The molecular weight excluding hydrogens is 420 g/mol. The molecule has 2 amide bonds. The first-order chi connectivity index (χ1) is 16.1. The summed E-state index contributed by atoms with van der Waals surface area (Å²) in [6, 6.07) is 21.2. The molecule has 0 unspecified atom stereocenters. The third-order valence-corrected chi connectivity index (χ3v) is 5.21. The molecule has 0 bridgehead atoms. The van der Waals surface area contributed by atoms with E-state index in [-0.39, 0.29) is 11.3 Å². The molecular formula is C26H24N2O5. The molecule has 0 saturated heterocycles. The lowest BCUT2D eigenvalue weighted by molar-refractivity contribution is -0.120. The van der Waals surface area contributed by atoms with E-state index in [0.717, 1.165) is 4.90 Å². The average molecular weight is 444 g/mol. The number of ether oxygens (including phenoxy) is 3. The first-order valence-electron chi connectivity index (χ1n) is 10.5. The summed E-state index contributed by atoms with van der Waals surface area (Å²) in [5, 5.41) is 3.14. The van der Waals surface area contributed by atoms with E-state index in [2.05, 4.69) is 5.32 Å². The van der Waals surface area contributed by atoms with Gasteiger partial charge in [0.25, 0.3) is 11.8 Å². The highest BCUT2D eigenvalue weighted by molar-refractivity contribution is 6.46. The zero-order valence-corrected chi connectivity index (χ0v) is 18.6. The Morgan fingerprint density at radius 1 is 0.818 bits per heavy atom. The fourth-order valence-corrected chi connectivity index (χ4v) is 3.73. The molecule has 0 aromatic heterocycles. The number of hydrogen-bond donors (Lipinski definition) is 1. The van der Waals surface area contributed by atoms with Crippen LogP contribution in [-0.2, 0) is 9.59 Å². The van der Waals surface area contributed by atoms with Gasteiger partial charge in [-0.25, -0.2) is 4.90 Å². The van der Waals surface area contributed by atoms with E-state index in [1.54, 1.807) is 73.8 Å². The molecule has 3 aromatic rings. The van der Waals surface area contributed by atoms with Gasteiger partial charge in [-0.3, -0.25) is 9.59 Å². The minimum Gasteiger partial charge on any atom is -0.497 e. The van der Waals surface area contributed by atoms with Crippen LogP contribution >= 0.6 is 0 Å². The lowest BCUT2D eigenvalue weighted by atomic mass is 10.0. The predicted molar refractivity (Wildman–Crippen MR) is 127 cm³/mol. The Labute approximate surface area is 192 Å². The van der Waals surface area contributed by atoms with Gasteiger partial charge in [0.2, 0.25) is 0 Å². The van der Waals surface area contributed by atoms with Crippen molar-refractivity contribution in [2.24, 2.45) is 0 Å². The van der Waals surface area contributed by atoms with Crippen LogP contribution < -0.4 is 24.4 Å². The second kappa shape index (κ2) is 9.48. The summed E-state index contributed by atoms with van der Waals surface area (Å²) in [5.41, 5.74) is 1.86. The summed E-state index contributed by atoms with van der Waals surface area (Å²) in [7, 11) is 3.09. The highest BCUT2D eigenvalue weighted by atomic mass is 16.5. The predicted octanol–water partition coefficient (Wildman–Crippen LogP) is 4.50. The molecule has 33 heavy (non-hydrogen) atoms. The average Bonchev–Trinajstić information content (AvgIpc) is 3.08. The first-order valence-corrected chi connectivity index (χ1v) is 10.5. The van der Waals surface area contributed by atoms with Crippen molar-refractivity contribution in [2.45, 2.75) is 6.92 Å². The van der Waals surface area contributed by atoms with Crippen molar-refractivity contribution in [3.63, 3.8) is 0 Å². The number of carbonyl (C=O) groups is 2. The van der Waals surface area contributed by atoms with Crippen LogP contribution in [0.3, 0.4) is 0 Å². The van der Waals surface area contributed by atoms with Gasteiger partial charge in [-0.1, -0.05) is 36.4 Å².